The summed E-state index contributed by atoms with van der Waals surface area (Å²) in [5.41, 5.74) is -0.457. The summed E-state index contributed by atoms with van der Waals surface area (Å²) in [6, 6.07) is 0. The molecule has 21 heavy (non-hydrogen) atoms. The van der Waals surface area contributed by atoms with Gasteiger partial charge in [-0.1, -0.05) is 48.5 Å². The molecule has 0 radical (unpaired) electrons. The molecule has 1 atom stereocenters. The Bertz CT molecular complexity index is 334. The van der Waals surface area contributed by atoms with Crippen LogP contribution >= 0.6 is 0 Å². The Morgan fingerprint density at radius 2 is 1.52 bits per heavy atom. The number of hydrogen-bond acceptors (Lipinski definition) is 3. The van der Waals surface area contributed by atoms with E-state index in [0.29, 0.717) is 30.9 Å². The summed E-state index contributed by atoms with van der Waals surface area (Å²) in [6.45, 7) is 16.9. The normalized spacial score (nSPS) is 13.7. The smallest absolute Gasteiger partial charge is 0.319 e. The molecule has 1 unspecified atom stereocenters. The molecule has 0 aliphatic heterocycles. The molecule has 0 aromatic heterocycles. The van der Waals surface area contributed by atoms with Crippen LogP contribution in [-0.4, -0.2) is 25.0 Å². The predicted octanol–water partition coefficient (Wildman–Crippen LogP) is 3.26. The lowest BCUT2D eigenvalue weighted by atomic mass is 9.79. The number of hydrogen-bond donors (Lipinski definition) is 1. The number of rotatable bonds is 7. The third-order valence-electron chi connectivity index (χ3n) is 3.88. The number of nitrogens with one attached hydrogen (secondary N) is 1. The first kappa shape index (κ1) is 19.9. The number of amides is 1. The first-order chi connectivity index (χ1) is 9.52. The second kappa shape index (κ2) is 8.40. The Kier molecular flexibility index (Phi) is 7.98. The zero-order chi connectivity index (χ0) is 16.8. The van der Waals surface area contributed by atoms with E-state index >= 15 is 0 Å². The monoisotopic (exact) mass is 299 g/mol. The van der Waals surface area contributed by atoms with Crippen LogP contribution in [0.3, 0.4) is 0 Å². The van der Waals surface area contributed by atoms with Crippen LogP contribution < -0.4 is 5.32 Å². The van der Waals surface area contributed by atoms with Crippen molar-refractivity contribution in [3.05, 3.63) is 0 Å². The van der Waals surface area contributed by atoms with Gasteiger partial charge in [0.2, 0.25) is 5.91 Å². The lowest BCUT2D eigenvalue weighted by Gasteiger charge is -2.30. The number of carbonyl (C=O) groups is 2. The average Bonchev–Trinajstić information content (AvgIpc) is 2.26. The van der Waals surface area contributed by atoms with Gasteiger partial charge in [0.15, 0.2) is 0 Å². The van der Waals surface area contributed by atoms with E-state index in [9.17, 15) is 9.59 Å². The largest absolute Gasteiger partial charge is 0.465 e. The topological polar surface area (TPSA) is 55.4 Å². The van der Waals surface area contributed by atoms with Gasteiger partial charge in [0.1, 0.15) is 5.92 Å². The maximum Gasteiger partial charge on any atom is 0.319 e. The quantitative estimate of drug-likeness (QED) is 0.580. The van der Waals surface area contributed by atoms with Crippen LogP contribution in [-0.2, 0) is 14.3 Å². The van der Waals surface area contributed by atoms with Gasteiger partial charge in [0.25, 0.3) is 0 Å². The first-order valence-electron chi connectivity index (χ1n) is 7.96. The number of ether oxygens (including phenoxy) is 1. The molecule has 0 fully saturated rings. The van der Waals surface area contributed by atoms with E-state index in [-0.39, 0.29) is 5.91 Å². The second-order valence-electron chi connectivity index (χ2n) is 7.45. The van der Waals surface area contributed by atoms with Gasteiger partial charge in [-0.25, -0.2) is 0 Å². The third-order valence-corrected chi connectivity index (χ3v) is 3.88. The minimum Gasteiger partial charge on any atom is -0.465 e. The van der Waals surface area contributed by atoms with Crippen molar-refractivity contribution in [1.82, 2.24) is 5.32 Å². The lowest BCUT2D eigenvalue weighted by molar-refractivity contribution is -0.156. The van der Waals surface area contributed by atoms with Crippen LogP contribution in [0.1, 0.15) is 55.4 Å². The van der Waals surface area contributed by atoms with Gasteiger partial charge in [0, 0.05) is 6.54 Å². The van der Waals surface area contributed by atoms with E-state index in [1.165, 1.54) is 0 Å². The Balaban J connectivity index is 4.88. The van der Waals surface area contributed by atoms with Crippen molar-refractivity contribution in [3.63, 3.8) is 0 Å². The van der Waals surface area contributed by atoms with Gasteiger partial charge < -0.3 is 10.1 Å². The molecule has 124 valence electrons. The molecule has 0 saturated heterocycles. The van der Waals surface area contributed by atoms with Gasteiger partial charge in [-0.2, -0.15) is 0 Å². The summed E-state index contributed by atoms with van der Waals surface area (Å²) in [6.07, 6.45) is 0. The van der Waals surface area contributed by atoms with Crippen molar-refractivity contribution in [1.29, 1.82) is 0 Å². The Morgan fingerprint density at radius 1 is 1.05 bits per heavy atom. The summed E-state index contributed by atoms with van der Waals surface area (Å²) in [7, 11) is 0. The number of esters is 1. The van der Waals surface area contributed by atoms with E-state index < -0.39 is 17.3 Å². The van der Waals surface area contributed by atoms with E-state index in [2.05, 4.69) is 33.0 Å². The zero-order valence-electron chi connectivity index (χ0n) is 14.9. The van der Waals surface area contributed by atoms with Crippen molar-refractivity contribution in [2.45, 2.75) is 55.4 Å². The van der Waals surface area contributed by atoms with Crippen LogP contribution in [0.4, 0.5) is 0 Å². The van der Waals surface area contributed by atoms with Crippen molar-refractivity contribution in [2.24, 2.45) is 29.1 Å². The summed E-state index contributed by atoms with van der Waals surface area (Å²) in [5, 5.41) is 2.95. The van der Waals surface area contributed by atoms with Crippen LogP contribution in [0.15, 0.2) is 0 Å². The maximum atomic E-state index is 12.4. The minimum absolute atomic E-state index is 0.229. The maximum absolute atomic E-state index is 12.4. The van der Waals surface area contributed by atoms with E-state index in [4.69, 9.17) is 4.74 Å². The molecule has 1 amide bonds. The standard InChI is InChI=1S/C17H33NO3/c1-9-21-16(20)14(17(6,7)8)15(19)18-10-13(11(2)3)12(4)5/h11-14H,9-10H2,1-8H3,(H,18,19). The van der Waals surface area contributed by atoms with Crippen molar-refractivity contribution < 1.29 is 14.3 Å². The predicted molar refractivity (Wildman–Crippen MR) is 85.8 cm³/mol. The van der Waals surface area contributed by atoms with Crippen molar-refractivity contribution in [2.75, 3.05) is 13.2 Å². The Hall–Kier alpha value is -1.06. The van der Waals surface area contributed by atoms with E-state index in [0.717, 1.165) is 0 Å². The Labute approximate surface area is 130 Å². The molecule has 0 saturated carbocycles. The molecule has 0 heterocycles. The average molecular weight is 299 g/mol. The molecule has 0 aliphatic rings. The van der Waals surface area contributed by atoms with Crippen molar-refractivity contribution >= 4 is 11.9 Å². The van der Waals surface area contributed by atoms with Gasteiger partial charge in [-0.15, -0.1) is 0 Å². The number of carbonyl (C=O) groups excluding carboxylic acids is 2. The highest BCUT2D eigenvalue weighted by atomic mass is 16.5. The molecule has 0 aromatic carbocycles. The Morgan fingerprint density at radius 3 is 1.86 bits per heavy atom. The third kappa shape index (κ3) is 6.49. The molecule has 1 N–H and O–H groups in total. The van der Waals surface area contributed by atoms with E-state index in [1.807, 2.05) is 20.8 Å². The zero-order valence-corrected chi connectivity index (χ0v) is 14.9. The molecule has 4 heteroatoms. The molecule has 4 nitrogen and oxygen atoms in total. The molecule has 0 aromatic rings. The van der Waals surface area contributed by atoms with Crippen LogP contribution in [0.25, 0.3) is 0 Å². The van der Waals surface area contributed by atoms with Gasteiger partial charge in [-0.05, 0) is 30.1 Å². The SMILES string of the molecule is CCOC(=O)C(C(=O)NCC(C(C)C)C(C)C)C(C)(C)C. The molecule has 0 spiro atoms. The van der Waals surface area contributed by atoms with Gasteiger partial charge in [0.05, 0.1) is 6.61 Å². The second-order valence-corrected chi connectivity index (χ2v) is 7.45. The summed E-state index contributed by atoms with van der Waals surface area (Å²) < 4.78 is 5.05. The van der Waals surface area contributed by atoms with E-state index in [1.54, 1.807) is 6.92 Å². The van der Waals surface area contributed by atoms with Crippen LogP contribution in [0.5, 0.6) is 0 Å². The first-order valence-corrected chi connectivity index (χ1v) is 7.96. The molecular formula is C17H33NO3. The lowest BCUT2D eigenvalue weighted by Crippen LogP contribution is -2.45. The summed E-state index contributed by atoms with van der Waals surface area (Å²) >= 11 is 0. The van der Waals surface area contributed by atoms with Crippen LogP contribution in [0.2, 0.25) is 0 Å². The van der Waals surface area contributed by atoms with Crippen molar-refractivity contribution in [3.8, 4) is 0 Å². The molecule has 0 bridgehead atoms. The molecule has 0 rings (SSSR count). The minimum atomic E-state index is -0.766. The highest BCUT2D eigenvalue weighted by Crippen LogP contribution is 2.28. The molecular weight excluding hydrogens is 266 g/mol. The fraction of sp³-hybridized carbons (Fsp3) is 0.882. The fourth-order valence-electron chi connectivity index (χ4n) is 2.64. The van der Waals surface area contributed by atoms with Gasteiger partial charge >= 0.3 is 5.97 Å². The summed E-state index contributed by atoms with van der Waals surface area (Å²) in [4.78, 5) is 24.5. The van der Waals surface area contributed by atoms with Crippen LogP contribution in [0, 0.1) is 29.1 Å². The molecule has 0 aliphatic carbocycles. The van der Waals surface area contributed by atoms with Gasteiger partial charge in [-0.3, -0.25) is 9.59 Å². The highest BCUT2D eigenvalue weighted by Gasteiger charge is 2.39. The summed E-state index contributed by atoms with van der Waals surface area (Å²) in [5.74, 6) is -0.0588. The fourth-order valence-corrected chi connectivity index (χ4v) is 2.64. The highest BCUT2D eigenvalue weighted by molar-refractivity contribution is 5.98.